The lowest BCUT2D eigenvalue weighted by atomic mass is 9.84. The third-order valence-electron chi connectivity index (χ3n) is 4.31. The molecule has 3 atom stereocenters. The largest absolute Gasteiger partial charge is 0.752 e. The van der Waals surface area contributed by atoms with Crippen molar-refractivity contribution in [1.82, 2.24) is 5.23 Å². The van der Waals surface area contributed by atoms with Crippen molar-refractivity contribution in [1.29, 1.82) is 0 Å². The standard InChI is InChI=1S/C13H12N3O7/c17-13-9-3-1-7(5-11(9)14(18)22-13)21-8-2-4-10-12(6-8)16(20)23-15(10)19/h2,4,6-7,9,11H,1,3,5H2/q-3. The Kier molecular flexibility index (Phi) is 3.28. The van der Waals surface area contributed by atoms with Gasteiger partial charge in [0, 0.05) is 18.5 Å². The Morgan fingerprint density at radius 3 is 2.74 bits per heavy atom. The van der Waals surface area contributed by atoms with Gasteiger partial charge in [-0.15, -0.1) is 0 Å². The summed E-state index contributed by atoms with van der Waals surface area (Å²) in [5.41, 5.74) is 0.146. The van der Waals surface area contributed by atoms with Crippen LogP contribution in [-0.2, 0) is 14.6 Å². The van der Waals surface area contributed by atoms with Crippen LogP contribution >= 0.6 is 0 Å². The van der Waals surface area contributed by atoms with Crippen molar-refractivity contribution in [2.45, 2.75) is 31.4 Å². The summed E-state index contributed by atoms with van der Waals surface area (Å²) in [5, 5.41) is 34.9. The molecule has 1 aromatic rings. The summed E-state index contributed by atoms with van der Waals surface area (Å²) in [4.78, 5) is 20.4. The number of nitrogens with zero attached hydrogens (tertiary/aromatic N) is 3. The number of hydroxylamine groups is 2. The van der Waals surface area contributed by atoms with Gasteiger partial charge in [-0.1, -0.05) is 0 Å². The summed E-state index contributed by atoms with van der Waals surface area (Å²) < 4.78 is 5.78. The minimum Gasteiger partial charge on any atom is -0.752 e. The molecule has 124 valence electrons. The molecule has 10 heteroatoms. The fraction of sp³-hybridized carbons (Fsp3) is 0.462. The molecule has 0 radical (unpaired) electrons. The maximum Gasteiger partial charge on any atom is 0.328 e. The molecule has 1 saturated carbocycles. The van der Waals surface area contributed by atoms with Crippen molar-refractivity contribution < 1.29 is 19.3 Å². The van der Waals surface area contributed by atoms with Crippen molar-refractivity contribution in [3.63, 3.8) is 0 Å². The predicted molar refractivity (Wildman–Crippen MR) is 76.1 cm³/mol. The molecule has 3 unspecified atom stereocenters. The lowest BCUT2D eigenvalue weighted by Gasteiger charge is -2.35. The summed E-state index contributed by atoms with van der Waals surface area (Å²) in [7, 11) is 0. The molecule has 1 aromatic carbocycles. The Bertz CT molecular complexity index is 642. The molecule has 1 saturated heterocycles. The average molecular weight is 322 g/mol. The van der Waals surface area contributed by atoms with E-state index in [0.29, 0.717) is 30.2 Å². The normalized spacial score (nSPS) is 30.2. The molecule has 1 aliphatic carbocycles. The van der Waals surface area contributed by atoms with Crippen LogP contribution in [0.15, 0.2) is 18.2 Å². The summed E-state index contributed by atoms with van der Waals surface area (Å²) >= 11 is 0. The smallest absolute Gasteiger partial charge is 0.328 e. The number of hydrogen-bond acceptors (Lipinski definition) is 10. The van der Waals surface area contributed by atoms with Gasteiger partial charge in [-0.25, -0.2) is 5.23 Å². The van der Waals surface area contributed by atoms with Gasteiger partial charge in [-0.3, -0.25) is 15.2 Å². The molecule has 4 rings (SSSR count). The van der Waals surface area contributed by atoms with Crippen LogP contribution in [-0.4, -0.2) is 23.3 Å². The number of benzene rings is 1. The molecule has 0 aromatic heterocycles. The zero-order chi connectivity index (χ0) is 16.1. The Morgan fingerprint density at radius 1 is 1.13 bits per heavy atom. The fourth-order valence-electron chi connectivity index (χ4n) is 3.17. The van der Waals surface area contributed by atoms with Crippen LogP contribution < -0.4 is 15.2 Å². The Morgan fingerprint density at radius 2 is 1.91 bits per heavy atom. The second-order valence-corrected chi connectivity index (χ2v) is 5.67. The monoisotopic (exact) mass is 322 g/mol. The van der Waals surface area contributed by atoms with E-state index in [1.165, 1.54) is 12.1 Å². The molecule has 0 N–H and O–H groups in total. The van der Waals surface area contributed by atoms with E-state index in [-0.39, 0.29) is 27.9 Å². The molecular weight excluding hydrogens is 310 g/mol. The quantitative estimate of drug-likeness (QED) is 0.787. The van der Waals surface area contributed by atoms with E-state index in [9.17, 15) is 20.4 Å². The SMILES string of the molecule is O=C1ON([O-])C2CC(Oc3ccc4c(c3)N([O-])ON4[O-])CCC12. The van der Waals surface area contributed by atoms with Gasteiger partial charge in [0.1, 0.15) is 11.9 Å². The number of ether oxygens (including phenoxy) is 1. The lowest BCUT2D eigenvalue weighted by Crippen LogP contribution is -2.39. The zero-order valence-electron chi connectivity index (χ0n) is 11.8. The minimum absolute atomic E-state index is 0.0519. The second kappa shape index (κ2) is 5.22. The highest BCUT2D eigenvalue weighted by atomic mass is 17.1. The van der Waals surface area contributed by atoms with Crippen molar-refractivity contribution in [2.75, 3.05) is 10.5 Å². The number of hydrogen-bond donors (Lipinski definition) is 0. The fourth-order valence-corrected chi connectivity index (χ4v) is 3.17. The second-order valence-electron chi connectivity index (χ2n) is 5.67. The van der Waals surface area contributed by atoms with Gasteiger partial charge in [0.2, 0.25) is 0 Å². The van der Waals surface area contributed by atoms with Crippen molar-refractivity contribution in [3.8, 4) is 5.75 Å². The summed E-state index contributed by atoms with van der Waals surface area (Å²) in [6.07, 6.45) is 1.16. The van der Waals surface area contributed by atoms with Gasteiger partial charge in [0.05, 0.1) is 17.3 Å². The minimum atomic E-state index is -0.549. The first-order valence-corrected chi connectivity index (χ1v) is 7.14. The Balaban J connectivity index is 1.47. The molecule has 2 heterocycles. The highest BCUT2D eigenvalue weighted by Gasteiger charge is 2.44. The molecule has 0 spiro atoms. The summed E-state index contributed by atoms with van der Waals surface area (Å²) in [6.45, 7) is 0. The molecule has 2 fully saturated rings. The number of rotatable bonds is 2. The highest BCUT2D eigenvalue weighted by Crippen LogP contribution is 2.40. The van der Waals surface area contributed by atoms with E-state index in [2.05, 4.69) is 9.78 Å². The first-order valence-electron chi connectivity index (χ1n) is 7.14. The van der Waals surface area contributed by atoms with Crippen LogP contribution in [0.1, 0.15) is 19.3 Å². The van der Waals surface area contributed by atoms with Crippen LogP contribution in [0, 0.1) is 21.5 Å². The molecule has 3 aliphatic rings. The number of fused-ring (bicyclic) bond motifs is 2. The van der Waals surface area contributed by atoms with Gasteiger partial charge in [0.25, 0.3) is 0 Å². The van der Waals surface area contributed by atoms with E-state index in [1.54, 1.807) is 6.07 Å². The van der Waals surface area contributed by atoms with E-state index in [4.69, 9.17) is 4.74 Å². The molecule has 23 heavy (non-hydrogen) atoms. The van der Waals surface area contributed by atoms with E-state index >= 15 is 0 Å². The zero-order valence-corrected chi connectivity index (χ0v) is 11.8. The molecular formula is C13H12N3O7-3. The highest BCUT2D eigenvalue weighted by molar-refractivity contribution is 5.75. The van der Waals surface area contributed by atoms with Crippen molar-refractivity contribution >= 4 is 17.3 Å². The van der Waals surface area contributed by atoms with Crippen LogP contribution in [0.4, 0.5) is 11.4 Å². The van der Waals surface area contributed by atoms with Crippen LogP contribution in [0.2, 0.25) is 0 Å². The third-order valence-corrected chi connectivity index (χ3v) is 4.31. The van der Waals surface area contributed by atoms with Gasteiger partial charge < -0.3 is 25.2 Å². The summed E-state index contributed by atoms with van der Waals surface area (Å²) in [5.74, 6) is -0.516. The maximum atomic E-state index is 11.6. The number of carbonyl (C=O) groups is 1. The van der Waals surface area contributed by atoms with E-state index in [1.807, 2.05) is 0 Å². The number of anilines is 2. The molecule has 0 amide bonds. The van der Waals surface area contributed by atoms with Crippen molar-refractivity contribution in [2.24, 2.45) is 5.92 Å². The molecule has 2 aliphatic heterocycles. The molecule has 0 bridgehead atoms. The predicted octanol–water partition coefficient (Wildman–Crippen LogP) is 1.34. The topological polar surface area (TPSA) is 124 Å². The van der Waals surface area contributed by atoms with Gasteiger partial charge in [-0.2, -0.15) is 4.94 Å². The summed E-state index contributed by atoms with van der Waals surface area (Å²) in [6, 6.07) is 3.82. The third kappa shape index (κ3) is 2.36. The number of carbonyl (C=O) groups excluding carboxylic acids is 1. The Labute approximate surface area is 130 Å². The van der Waals surface area contributed by atoms with Gasteiger partial charge in [0.15, 0.2) is 0 Å². The van der Waals surface area contributed by atoms with Crippen molar-refractivity contribution in [3.05, 3.63) is 33.8 Å². The van der Waals surface area contributed by atoms with E-state index in [0.717, 1.165) is 0 Å². The lowest BCUT2D eigenvalue weighted by molar-refractivity contribution is -0.164. The molecule has 10 nitrogen and oxygen atoms in total. The average Bonchev–Trinajstić information content (AvgIpc) is 2.96. The maximum absolute atomic E-state index is 11.6. The van der Waals surface area contributed by atoms with Crippen LogP contribution in [0.5, 0.6) is 5.75 Å². The first kappa shape index (κ1) is 14.5. The van der Waals surface area contributed by atoms with E-state index < -0.39 is 17.9 Å². The first-order chi connectivity index (χ1) is 11.0. The van der Waals surface area contributed by atoms with Crippen LogP contribution in [0.25, 0.3) is 0 Å². The van der Waals surface area contributed by atoms with Gasteiger partial charge in [-0.05, 0) is 25.0 Å². The Hall–Kier alpha value is -2.11. The van der Waals surface area contributed by atoms with Gasteiger partial charge >= 0.3 is 5.97 Å². The van der Waals surface area contributed by atoms with Crippen LogP contribution in [0.3, 0.4) is 0 Å².